The average Bonchev–Trinajstić information content (AvgIpc) is 4.07. The quantitative estimate of drug-likeness (QED) is 0.140. The van der Waals surface area contributed by atoms with Crippen molar-refractivity contribution in [2.75, 3.05) is 20.1 Å². The van der Waals surface area contributed by atoms with Crippen LogP contribution in [0.25, 0.3) is 0 Å². The summed E-state index contributed by atoms with van der Waals surface area (Å²) in [7, 11) is -7.78. The molecule has 2 aromatic carbocycles. The molecule has 0 unspecified atom stereocenters. The van der Waals surface area contributed by atoms with Crippen molar-refractivity contribution in [1.82, 2.24) is 29.5 Å². The third-order valence-corrected chi connectivity index (χ3v) is 14.4. The van der Waals surface area contributed by atoms with E-state index >= 15 is 0 Å². The second kappa shape index (κ2) is 16.6. The predicted molar refractivity (Wildman–Crippen MR) is 211 cm³/mol. The minimum absolute atomic E-state index is 0.00217. The summed E-state index contributed by atoms with van der Waals surface area (Å²) in [5.41, 5.74) is -2.83. The zero-order valence-electron chi connectivity index (χ0n) is 33.7. The normalized spacial score (nSPS) is 22.8. The number of para-hydroxylation sites is 1. The van der Waals surface area contributed by atoms with Gasteiger partial charge in [0.05, 0.1) is 23.3 Å². The van der Waals surface area contributed by atoms with E-state index < -0.39 is 131 Å². The lowest BCUT2D eigenvalue weighted by Crippen LogP contribution is -2.60. The molecular weight excluding hydrogens is 846 g/mol. The van der Waals surface area contributed by atoms with Crippen molar-refractivity contribution in [3.8, 4) is 0 Å². The summed E-state index contributed by atoms with van der Waals surface area (Å²) in [6.45, 7) is 6.76. The van der Waals surface area contributed by atoms with Gasteiger partial charge in [0.15, 0.2) is 4.90 Å². The smallest absolute Gasteiger partial charge is 0.410 e. The number of nitrogens with zero attached hydrogens (tertiary/aromatic N) is 4. The van der Waals surface area contributed by atoms with Crippen molar-refractivity contribution < 1.29 is 59.6 Å². The van der Waals surface area contributed by atoms with Crippen LogP contribution >= 0.6 is 0 Å². The van der Waals surface area contributed by atoms with E-state index in [2.05, 4.69) is 17.2 Å². The fourth-order valence-electron chi connectivity index (χ4n) is 7.31. The minimum Gasteiger partial charge on any atom is -0.444 e. The Kier molecular flexibility index (Phi) is 12.2. The number of hydrogen-bond donors (Lipinski definition) is 3. The molecule has 0 bridgehead atoms. The molecule has 2 saturated carbocycles. The standard InChI is InChI=1S/C38H46FN7O13S2/c1-6-23-17-38(23,34(49)42-60(54,55)25-14-15-25)41-32(47)30-16-24(58-36(51)44-18-22-10-9-11-27(39)26(22)20-44)19-45(30)33(48)28(40-35(50)59-37(2,3)4)21-43(5)61(56,57)31-13-8-7-12-29(31)46(52)53/h6-13,23-25,28,30H,1,14-21H2,2-5H3,(H,40,50)(H,41,47)(H,42,49)/t23-,24-,28+,30+,38-/m1/s1. The molecule has 0 radical (unpaired) electrons. The Bertz CT molecular complexity index is 2390. The van der Waals surface area contributed by atoms with E-state index in [1.165, 1.54) is 56.0 Å². The molecule has 61 heavy (non-hydrogen) atoms. The van der Waals surface area contributed by atoms with Crippen molar-refractivity contribution in [1.29, 1.82) is 0 Å². The van der Waals surface area contributed by atoms with Crippen molar-refractivity contribution >= 4 is 55.6 Å². The van der Waals surface area contributed by atoms with Crippen LogP contribution in [0.1, 0.15) is 57.6 Å². The molecule has 2 aromatic rings. The molecule has 23 heteroatoms. The third-order valence-electron chi connectivity index (χ3n) is 10.7. The molecule has 2 aliphatic carbocycles. The van der Waals surface area contributed by atoms with E-state index in [9.17, 15) is 55.3 Å². The molecule has 2 heterocycles. The van der Waals surface area contributed by atoms with Crippen LogP contribution in [0.3, 0.4) is 0 Å². The van der Waals surface area contributed by atoms with E-state index in [1.807, 2.05) is 4.72 Å². The van der Waals surface area contributed by atoms with Crippen LogP contribution in [-0.2, 0) is 57.0 Å². The van der Waals surface area contributed by atoms with Gasteiger partial charge in [-0.2, -0.15) is 4.31 Å². The highest BCUT2D eigenvalue weighted by molar-refractivity contribution is 7.91. The second-order valence-electron chi connectivity index (χ2n) is 16.4. The van der Waals surface area contributed by atoms with Gasteiger partial charge in [-0.15, -0.1) is 6.58 Å². The van der Waals surface area contributed by atoms with Crippen molar-refractivity contribution in [3.63, 3.8) is 0 Å². The Morgan fingerprint density at radius 1 is 1.08 bits per heavy atom. The molecule has 3 N–H and O–H groups in total. The molecule has 6 rings (SSSR count). The number of ether oxygens (including phenoxy) is 2. The van der Waals surface area contributed by atoms with Gasteiger partial charge in [-0.05, 0) is 57.7 Å². The van der Waals surface area contributed by atoms with Gasteiger partial charge in [-0.1, -0.05) is 30.3 Å². The van der Waals surface area contributed by atoms with E-state index in [4.69, 9.17) is 9.47 Å². The molecular formula is C38H46FN7O13S2. The number of fused-ring (bicyclic) bond motifs is 1. The Balaban J connectivity index is 1.30. The summed E-state index contributed by atoms with van der Waals surface area (Å²) in [6.07, 6.45) is -1.70. The number of likely N-dealkylation sites (tertiary alicyclic amines) is 1. The second-order valence-corrected chi connectivity index (χ2v) is 20.3. The van der Waals surface area contributed by atoms with Gasteiger partial charge in [-0.25, -0.2) is 30.8 Å². The van der Waals surface area contributed by atoms with Crippen LogP contribution in [0.2, 0.25) is 0 Å². The van der Waals surface area contributed by atoms with E-state index in [1.54, 1.807) is 6.07 Å². The lowest BCUT2D eigenvalue weighted by atomic mass is 10.1. The average molecular weight is 892 g/mol. The van der Waals surface area contributed by atoms with Crippen molar-refractivity contribution in [3.05, 3.63) is 82.2 Å². The number of carbonyl (C=O) groups is 5. The Labute approximate surface area is 351 Å². The lowest BCUT2D eigenvalue weighted by molar-refractivity contribution is -0.387. The molecule has 4 aliphatic rings. The highest BCUT2D eigenvalue weighted by atomic mass is 32.2. The number of alkyl carbamates (subject to hydrolysis) is 1. The third kappa shape index (κ3) is 9.62. The van der Waals surface area contributed by atoms with E-state index in [-0.39, 0.29) is 25.1 Å². The zero-order chi connectivity index (χ0) is 44.8. The number of benzene rings is 2. The highest BCUT2D eigenvalue weighted by Crippen LogP contribution is 2.45. The molecule has 20 nitrogen and oxygen atoms in total. The minimum atomic E-state index is -4.74. The van der Waals surface area contributed by atoms with Gasteiger partial charge in [-0.3, -0.25) is 34.1 Å². The van der Waals surface area contributed by atoms with Crippen molar-refractivity contribution in [2.24, 2.45) is 5.92 Å². The van der Waals surface area contributed by atoms with E-state index in [0.717, 1.165) is 24.1 Å². The van der Waals surface area contributed by atoms with Gasteiger partial charge < -0.3 is 25.0 Å². The summed E-state index contributed by atoms with van der Waals surface area (Å²) in [6, 6.07) is 5.43. The predicted octanol–water partition coefficient (Wildman–Crippen LogP) is 2.04. The number of rotatable bonds is 14. The molecule has 330 valence electrons. The Morgan fingerprint density at radius 3 is 2.38 bits per heavy atom. The van der Waals surface area contributed by atoms with Gasteiger partial charge in [0, 0.05) is 44.1 Å². The number of sulfonamides is 2. The highest BCUT2D eigenvalue weighted by Gasteiger charge is 2.62. The number of nitro benzene ring substituents is 1. The number of carbonyl (C=O) groups excluding carboxylic acids is 5. The maximum atomic E-state index is 14.7. The van der Waals surface area contributed by atoms with Gasteiger partial charge in [0.25, 0.3) is 11.6 Å². The number of halogens is 1. The summed E-state index contributed by atoms with van der Waals surface area (Å²) >= 11 is 0. The first-order valence-corrected chi connectivity index (χ1v) is 22.2. The van der Waals surface area contributed by atoms with Gasteiger partial charge in [0.2, 0.25) is 31.9 Å². The monoisotopic (exact) mass is 891 g/mol. The fraction of sp³-hybridized carbons (Fsp3) is 0.500. The summed E-state index contributed by atoms with van der Waals surface area (Å²) in [5, 5.41) is 15.9. The number of nitro groups is 1. The molecule has 5 atom stereocenters. The van der Waals surface area contributed by atoms with Crippen LogP contribution in [0, 0.1) is 21.8 Å². The SMILES string of the molecule is C=C[C@@H]1C[C@]1(NC(=O)[C@@H]1C[C@@H](OC(=O)N2Cc3cccc(F)c3C2)CN1C(=O)[C@H](CN(C)S(=O)(=O)c1ccccc1[N+](=O)[O-])NC(=O)OC(C)(C)C)C(=O)NS(=O)(=O)C1CC1. The first-order valence-electron chi connectivity index (χ1n) is 19.2. The largest absolute Gasteiger partial charge is 0.444 e. The first kappa shape index (κ1) is 44.9. The number of hydrogen-bond acceptors (Lipinski definition) is 13. The van der Waals surface area contributed by atoms with Gasteiger partial charge in [0.1, 0.15) is 35.1 Å². The Hall–Kier alpha value is -5.68. The van der Waals surface area contributed by atoms with Crippen molar-refractivity contribution in [2.45, 2.75) is 99.0 Å². The number of nitrogens with one attached hydrogen (secondary N) is 3. The maximum absolute atomic E-state index is 14.7. The number of likely N-dealkylation sites (N-methyl/N-ethyl adjacent to an activating group) is 1. The van der Waals surface area contributed by atoms with Crippen LogP contribution in [0.4, 0.5) is 19.7 Å². The first-order chi connectivity index (χ1) is 28.5. The summed E-state index contributed by atoms with van der Waals surface area (Å²) < 4.78 is 81.3. The summed E-state index contributed by atoms with van der Waals surface area (Å²) in [5.74, 6) is -4.34. The fourth-order valence-corrected chi connectivity index (χ4v) is 10.0. The number of amides is 5. The topological polar surface area (TPSA) is 261 Å². The molecule has 0 aromatic heterocycles. The van der Waals surface area contributed by atoms with Crippen LogP contribution in [0.15, 0.2) is 60.0 Å². The van der Waals surface area contributed by atoms with Crippen LogP contribution in [-0.4, -0.2) is 120 Å². The maximum Gasteiger partial charge on any atom is 0.410 e. The van der Waals surface area contributed by atoms with Crippen LogP contribution in [0.5, 0.6) is 0 Å². The zero-order valence-corrected chi connectivity index (χ0v) is 35.3. The molecule has 0 spiro atoms. The Morgan fingerprint density at radius 2 is 1.77 bits per heavy atom. The van der Waals surface area contributed by atoms with Gasteiger partial charge >= 0.3 is 12.2 Å². The molecule has 3 fully saturated rings. The molecule has 5 amide bonds. The molecule has 1 saturated heterocycles. The van der Waals surface area contributed by atoms with E-state index in [0.29, 0.717) is 22.7 Å². The van der Waals surface area contributed by atoms with Crippen LogP contribution < -0.4 is 15.4 Å². The summed E-state index contributed by atoms with van der Waals surface area (Å²) in [4.78, 5) is 81.5. The lowest BCUT2D eigenvalue weighted by Gasteiger charge is -2.31. The molecule has 2 aliphatic heterocycles.